The van der Waals surface area contributed by atoms with Crippen molar-refractivity contribution >= 4 is 64.0 Å². The molecule has 0 spiro atoms. The monoisotopic (exact) mass is 551 g/mol. The van der Waals surface area contributed by atoms with E-state index in [9.17, 15) is 19.2 Å². The third-order valence-corrected chi connectivity index (χ3v) is 6.48. The van der Waals surface area contributed by atoms with E-state index in [1.807, 2.05) is 6.92 Å². The van der Waals surface area contributed by atoms with Crippen LogP contribution in [0.4, 0.5) is 17.1 Å². The number of ether oxygens (including phenoxy) is 1. The van der Waals surface area contributed by atoms with Gasteiger partial charge in [0.1, 0.15) is 10.7 Å². The van der Waals surface area contributed by atoms with E-state index in [0.717, 1.165) is 4.90 Å². The maximum Gasteiger partial charge on any atom is 0.338 e. The fourth-order valence-corrected chi connectivity index (χ4v) is 4.11. The molecule has 1 heterocycles. The third-order valence-electron chi connectivity index (χ3n) is 5.72. The highest BCUT2D eigenvalue weighted by Gasteiger charge is 2.39. The Hall–Kier alpha value is -4.14. The maximum absolute atomic E-state index is 13.1. The van der Waals surface area contributed by atoms with Gasteiger partial charge < -0.3 is 15.4 Å². The minimum atomic E-state index is -0.665. The van der Waals surface area contributed by atoms with Gasteiger partial charge in [-0.25, -0.2) is 9.69 Å². The van der Waals surface area contributed by atoms with Crippen LogP contribution in [-0.2, 0) is 14.3 Å². The number of carbonyl (C=O) groups excluding carboxylic acids is 4. The number of benzene rings is 3. The average molecular weight is 552 g/mol. The molecule has 0 saturated heterocycles. The Morgan fingerprint density at radius 3 is 2.32 bits per heavy atom. The topological polar surface area (TPSA) is 105 Å². The molecule has 0 unspecified atom stereocenters. The number of anilines is 3. The minimum Gasteiger partial charge on any atom is -0.462 e. The van der Waals surface area contributed by atoms with Crippen molar-refractivity contribution in [2.24, 2.45) is 0 Å². The van der Waals surface area contributed by atoms with Gasteiger partial charge in [0.05, 0.1) is 17.9 Å². The van der Waals surface area contributed by atoms with E-state index in [0.29, 0.717) is 51.8 Å². The first kappa shape index (κ1) is 26.9. The van der Waals surface area contributed by atoms with Gasteiger partial charge in [-0.15, -0.1) is 0 Å². The standard InChI is InChI=1S/C28H23Cl2N3O5/c1-3-14-38-28(37)18-6-4-7-20(15-18)32-25(34)17-10-12-19(13-11-17)31-24-23(30)26(35)33(27(24)36)22-9-5-8-21(29)16(22)2/h4-13,15,31H,3,14H2,1-2H3,(H,32,34). The zero-order valence-electron chi connectivity index (χ0n) is 20.5. The summed E-state index contributed by atoms with van der Waals surface area (Å²) in [6.07, 6.45) is 0.709. The normalized spacial score (nSPS) is 13.1. The molecule has 0 bridgehead atoms. The number of nitrogens with zero attached hydrogens (tertiary/aromatic N) is 1. The van der Waals surface area contributed by atoms with Crippen LogP contribution in [-0.4, -0.2) is 30.3 Å². The number of esters is 1. The van der Waals surface area contributed by atoms with Crippen LogP contribution in [0.3, 0.4) is 0 Å². The quantitative estimate of drug-likeness (QED) is 0.266. The van der Waals surface area contributed by atoms with Gasteiger partial charge in [-0.2, -0.15) is 0 Å². The number of halogens is 2. The molecule has 38 heavy (non-hydrogen) atoms. The zero-order chi connectivity index (χ0) is 27.4. The van der Waals surface area contributed by atoms with Crippen molar-refractivity contribution in [2.75, 3.05) is 22.1 Å². The number of carbonyl (C=O) groups is 4. The lowest BCUT2D eigenvalue weighted by Crippen LogP contribution is -2.32. The van der Waals surface area contributed by atoms with Crippen LogP contribution >= 0.6 is 23.2 Å². The number of nitrogens with one attached hydrogen (secondary N) is 2. The Kier molecular flexibility index (Phi) is 8.14. The molecule has 0 atom stereocenters. The highest BCUT2D eigenvalue weighted by molar-refractivity contribution is 6.53. The molecular weight excluding hydrogens is 529 g/mol. The van der Waals surface area contributed by atoms with E-state index < -0.39 is 23.7 Å². The van der Waals surface area contributed by atoms with Gasteiger partial charge in [-0.1, -0.05) is 42.3 Å². The molecule has 3 aromatic rings. The van der Waals surface area contributed by atoms with Crippen molar-refractivity contribution in [3.05, 3.63) is 99.2 Å². The number of hydrogen-bond donors (Lipinski definition) is 2. The summed E-state index contributed by atoms with van der Waals surface area (Å²) >= 11 is 12.4. The van der Waals surface area contributed by atoms with Crippen LogP contribution in [0.15, 0.2) is 77.5 Å². The van der Waals surface area contributed by atoms with E-state index in [1.165, 1.54) is 6.07 Å². The predicted octanol–water partition coefficient (Wildman–Crippen LogP) is 5.90. The molecule has 10 heteroatoms. The zero-order valence-corrected chi connectivity index (χ0v) is 22.0. The van der Waals surface area contributed by atoms with Gasteiger partial charge >= 0.3 is 5.97 Å². The van der Waals surface area contributed by atoms with Crippen LogP contribution in [0.25, 0.3) is 0 Å². The first-order chi connectivity index (χ1) is 18.2. The summed E-state index contributed by atoms with van der Waals surface area (Å²) in [5.74, 6) is -2.15. The van der Waals surface area contributed by atoms with Gasteiger partial charge in [-0.3, -0.25) is 14.4 Å². The van der Waals surface area contributed by atoms with Crippen molar-refractivity contribution in [3.63, 3.8) is 0 Å². The van der Waals surface area contributed by atoms with Crippen molar-refractivity contribution < 1.29 is 23.9 Å². The second-order valence-corrected chi connectivity index (χ2v) is 9.18. The van der Waals surface area contributed by atoms with Crippen LogP contribution in [0.5, 0.6) is 0 Å². The number of imide groups is 1. The largest absolute Gasteiger partial charge is 0.462 e. The molecule has 0 radical (unpaired) electrons. The summed E-state index contributed by atoms with van der Waals surface area (Å²) in [5.41, 5.74) is 2.38. The van der Waals surface area contributed by atoms with E-state index >= 15 is 0 Å². The Morgan fingerprint density at radius 2 is 1.61 bits per heavy atom. The van der Waals surface area contributed by atoms with Crippen molar-refractivity contribution in [3.8, 4) is 0 Å². The summed E-state index contributed by atoms with van der Waals surface area (Å²) in [6.45, 7) is 3.92. The van der Waals surface area contributed by atoms with Crippen LogP contribution < -0.4 is 15.5 Å². The Labute approximate surface area is 229 Å². The molecule has 0 aromatic heterocycles. The highest BCUT2D eigenvalue weighted by atomic mass is 35.5. The molecule has 0 fully saturated rings. The Balaban J connectivity index is 1.45. The molecule has 3 amide bonds. The van der Waals surface area contributed by atoms with E-state index in [2.05, 4.69) is 10.6 Å². The lowest BCUT2D eigenvalue weighted by molar-refractivity contribution is -0.120. The summed E-state index contributed by atoms with van der Waals surface area (Å²) in [6, 6.07) is 17.6. The van der Waals surface area contributed by atoms with Crippen molar-refractivity contribution in [1.82, 2.24) is 0 Å². The van der Waals surface area contributed by atoms with Gasteiger partial charge in [0.25, 0.3) is 17.7 Å². The lowest BCUT2D eigenvalue weighted by Gasteiger charge is -2.18. The van der Waals surface area contributed by atoms with E-state index in [-0.39, 0.29) is 10.7 Å². The predicted molar refractivity (Wildman–Crippen MR) is 147 cm³/mol. The Bertz CT molecular complexity index is 1470. The average Bonchev–Trinajstić information content (AvgIpc) is 3.12. The van der Waals surface area contributed by atoms with Gasteiger partial charge in [0.2, 0.25) is 0 Å². The first-order valence-corrected chi connectivity index (χ1v) is 12.5. The Morgan fingerprint density at radius 1 is 0.895 bits per heavy atom. The third kappa shape index (κ3) is 5.56. The summed E-state index contributed by atoms with van der Waals surface area (Å²) < 4.78 is 5.13. The molecule has 3 aromatic carbocycles. The van der Waals surface area contributed by atoms with Gasteiger partial charge in [0, 0.05) is 22.0 Å². The summed E-state index contributed by atoms with van der Waals surface area (Å²) in [7, 11) is 0. The fourth-order valence-electron chi connectivity index (χ4n) is 3.72. The lowest BCUT2D eigenvalue weighted by atomic mass is 10.1. The first-order valence-electron chi connectivity index (χ1n) is 11.7. The smallest absolute Gasteiger partial charge is 0.338 e. The van der Waals surface area contributed by atoms with Gasteiger partial charge in [-0.05, 0) is 73.5 Å². The number of amides is 3. The molecule has 8 nitrogen and oxygen atoms in total. The fraction of sp³-hybridized carbons (Fsp3) is 0.143. The minimum absolute atomic E-state index is 0.0833. The second kappa shape index (κ2) is 11.5. The summed E-state index contributed by atoms with van der Waals surface area (Å²) in [5, 5.41) is 5.78. The van der Waals surface area contributed by atoms with E-state index in [1.54, 1.807) is 67.6 Å². The van der Waals surface area contributed by atoms with Crippen molar-refractivity contribution in [1.29, 1.82) is 0 Å². The summed E-state index contributed by atoms with van der Waals surface area (Å²) in [4.78, 5) is 51.6. The molecular formula is C28H23Cl2N3O5. The van der Waals surface area contributed by atoms with E-state index in [4.69, 9.17) is 27.9 Å². The molecule has 0 aliphatic carbocycles. The van der Waals surface area contributed by atoms with Crippen LogP contribution in [0, 0.1) is 6.92 Å². The number of hydrogen-bond acceptors (Lipinski definition) is 6. The molecule has 2 N–H and O–H groups in total. The SMILES string of the molecule is CCCOC(=O)c1cccc(NC(=O)c2ccc(NC3=C(Cl)C(=O)N(c4cccc(Cl)c4C)C3=O)cc2)c1. The van der Waals surface area contributed by atoms with Crippen LogP contribution in [0.1, 0.15) is 39.6 Å². The van der Waals surface area contributed by atoms with Crippen LogP contribution in [0.2, 0.25) is 5.02 Å². The second-order valence-electron chi connectivity index (χ2n) is 8.39. The molecule has 1 aliphatic heterocycles. The molecule has 194 valence electrons. The van der Waals surface area contributed by atoms with Gasteiger partial charge in [0.15, 0.2) is 0 Å². The number of rotatable bonds is 8. The highest BCUT2D eigenvalue weighted by Crippen LogP contribution is 2.34. The van der Waals surface area contributed by atoms with Crippen molar-refractivity contribution in [2.45, 2.75) is 20.3 Å². The molecule has 4 rings (SSSR count). The molecule has 1 aliphatic rings. The maximum atomic E-state index is 13.1. The molecule has 0 saturated carbocycles.